The smallest absolute Gasteiger partial charge is 0.254 e. The van der Waals surface area contributed by atoms with Gasteiger partial charge in [0, 0.05) is 23.9 Å². The summed E-state index contributed by atoms with van der Waals surface area (Å²) >= 11 is 0. The number of carbonyl (C=O) groups is 1. The molecule has 1 fully saturated rings. The largest absolute Gasteiger partial charge is 0.379 e. The van der Waals surface area contributed by atoms with Crippen molar-refractivity contribution < 1.29 is 14.1 Å². The molecule has 0 spiro atoms. The van der Waals surface area contributed by atoms with E-state index in [0.717, 1.165) is 16.8 Å². The number of aromatic nitrogens is 3. The van der Waals surface area contributed by atoms with E-state index in [1.54, 1.807) is 23.0 Å². The number of fused-ring (bicyclic) bond motifs is 1. The third kappa shape index (κ3) is 3.11. The molecule has 0 aliphatic carbocycles. The first-order valence-corrected chi connectivity index (χ1v) is 8.56. The Morgan fingerprint density at radius 1 is 1.48 bits per heavy atom. The molecule has 3 heterocycles. The summed E-state index contributed by atoms with van der Waals surface area (Å²) in [7, 11) is 0. The first kappa shape index (κ1) is 17.1. The average Bonchev–Trinajstić information content (AvgIpc) is 3.26. The number of nitrogens with one attached hydrogen (secondary N) is 1. The van der Waals surface area contributed by atoms with E-state index in [4.69, 9.17) is 15.0 Å². The number of aryl methyl sites for hydroxylation is 1. The molecule has 1 aliphatic rings. The molecule has 27 heavy (non-hydrogen) atoms. The van der Waals surface area contributed by atoms with Gasteiger partial charge in [0.2, 0.25) is 0 Å². The SMILES string of the molecule is Cc1noc2ccc(Nc3nn(C4COCCC4C#N)cc3C(N)=O)cc12. The molecule has 1 saturated heterocycles. The lowest BCUT2D eigenvalue weighted by molar-refractivity contribution is 0.0342. The minimum atomic E-state index is -0.601. The molecule has 1 amide bonds. The molecule has 2 aromatic heterocycles. The molecule has 138 valence electrons. The minimum Gasteiger partial charge on any atom is -0.379 e. The van der Waals surface area contributed by atoms with Crippen molar-refractivity contribution in [3.05, 3.63) is 35.7 Å². The Bertz CT molecular complexity index is 1050. The van der Waals surface area contributed by atoms with Gasteiger partial charge in [-0.1, -0.05) is 5.16 Å². The minimum absolute atomic E-state index is 0.233. The third-order valence-corrected chi connectivity index (χ3v) is 4.74. The lowest BCUT2D eigenvalue weighted by Crippen LogP contribution is -2.29. The highest BCUT2D eigenvalue weighted by molar-refractivity contribution is 5.98. The Labute approximate surface area is 154 Å². The molecule has 0 bridgehead atoms. The van der Waals surface area contributed by atoms with Gasteiger partial charge < -0.3 is 20.3 Å². The lowest BCUT2D eigenvalue weighted by atomic mass is 9.97. The molecule has 1 aromatic carbocycles. The van der Waals surface area contributed by atoms with E-state index in [9.17, 15) is 10.1 Å². The Balaban J connectivity index is 1.68. The van der Waals surface area contributed by atoms with Gasteiger partial charge >= 0.3 is 0 Å². The van der Waals surface area contributed by atoms with Crippen LogP contribution in [0.25, 0.3) is 11.0 Å². The zero-order valence-electron chi connectivity index (χ0n) is 14.7. The van der Waals surface area contributed by atoms with Gasteiger partial charge in [0.25, 0.3) is 5.91 Å². The molecule has 3 aromatic rings. The molecule has 4 rings (SSSR count). The Kier molecular flexibility index (Phi) is 4.25. The number of nitrogens with two attached hydrogens (primary N) is 1. The maximum absolute atomic E-state index is 11.9. The number of hydrogen-bond acceptors (Lipinski definition) is 7. The van der Waals surface area contributed by atoms with Crippen LogP contribution in [0.1, 0.15) is 28.5 Å². The fourth-order valence-corrected chi connectivity index (χ4v) is 3.24. The van der Waals surface area contributed by atoms with Crippen LogP contribution in [-0.4, -0.2) is 34.1 Å². The summed E-state index contributed by atoms with van der Waals surface area (Å²) in [6, 6.07) is 7.49. The highest BCUT2D eigenvalue weighted by atomic mass is 16.5. The van der Waals surface area contributed by atoms with E-state index in [1.165, 1.54) is 0 Å². The molecule has 9 heteroatoms. The number of hydrogen-bond donors (Lipinski definition) is 2. The molecule has 3 N–H and O–H groups in total. The average molecular weight is 366 g/mol. The van der Waals surface area contributed by atoms with Crippen LogP contribution < -0.4 is 11.1 Å². The van der Waals surface area contributed by atoms with Gasteiger partial charge in [-0.3, -0.25) is 9.48 Å². The number of rotatable bonds is 4. The van der Waals surface area contributed by atoms with Crippen molar-refractivity contribution in [2.24, 2.45) is 11.7 Å². The summed E-state index contributed by atoms with van der Waals surface area (Å²) in [6.45, 7) is 2.76. The van der Waals surface area contributed by atoms with Crippen LogP contribution in [0.5, 0.6) is 0 Å². The van der Waals surface area contributed by atoms with Crippen molar-refractivity contribution in [1.82, 2.24) is 14.9 Å². The van der Waals surface area contributed by atoms with Crippen molar-refractivity contribution in [3.63, 3.8) is 0 Å². The van der Waals surface area contributed by atoms with Gasteiger partial charge in [-0.2, -0.15) is 10.4 Å². The Morgan fingerprint density at radius 3 is 3.11 bits per heavy atom. The first-order valence-electron chi connectivity index (χ1n) is 8.56. The summed E-state index contributed by atoms with van der Waals surface area (Å²) in [5.74, 6) is -0.502. The van der Waals surface area contributed by atoms with Crippen molar-refractivity contribution in [2.45, 2.75) is 19.4 Å². The van der Waals surface area contributed by atoms with Crippen LogP contribution in [0.3, 0.4) is 0 Å². The normalized spacial score (nSPS) is 19.7. The zero-order valence-corrected chi connectivity index (χ0v) is 14.7. The van der Waals surface area contributed by atoms with Gasteiger partial charge in [0.15, 0.2) is 11.4 Å². The fourth-order valence-electron chi connectivity index (χ4n) is 3.24. The second kappa shape index (κ2) is 6.74. The van der Waals surface area contributed by atoms with Crippen LogP contribution >= 0.6 is 0 Å². The maximum atomic E-state index is 11.9. The van der Waals surface area contributed by atoms with Crippen LogP contribution in [0.15, 0.2) is 28.9 Å². The van der Waals surface area contributed by atoms with E-state index in [0.29, 0.717) is 31.0 Å². The molecule has 9 nitrogen and oxygen atoms in total. The van der Waals surface area contributed by atoms with Crippen molar-refractivity contribution in [2.75, 3.05) is 18.5 Å². The van der Waals surface area contributed by atoms with Crippen molar-refractivity contribution in [3.8, 4) is 6.07 Å². The van der Waals surface area contributed by atoms with Gasteiger partial charge in [0.1, 0.15) is 5.56 Å². The number of nitrogens with zero attached hydrogens (tertiary/aromatic N) is 4. The van der Waals surface area contributed by atoms with Crippen LogP contribution in [0.2, 0.25) is 0 Å². The summed E-state index contributed by atoms with van der Waals surface area (Å²) in [6.07, 6.45) is 2.19. The number of nitriles is 1. The third-order valence-electron chi connectivity index (χ3n) is 4.74. The zero-order chi connectivity index (χ0) is 19.0. The molecule has 1 aliphatic heterocycles. The van der Waals surface area contributed by atoms with Gasteiger partial charge in [0.05, 0.1) is 30.3 Å². The van der Waals surface area contributed by atoms with Crippen molar-refractivity contribution in [1.29, 1.82) is 5.26 Å². The quantitative estimate of drug-likeness (QED) is 0.724. The second-order valence-electron chi connectivity index (χ2n) is 6.51. The van der Waals surface area contributed by atoms with Crippen LogP contribution in [0.4, 0.5) is 11.5 Å². The van der Waals surface area contributed by atoms with E-state index < -0.39 is 5.91 Å². The monoisotopic (exact) mass is 366 g/mol. The highest BCUT2D eigenvalue weighted by Gasteiger charge is 2.29. The standard InChI is InChI=1S/C18H18N6O3/c1-10-13-6-12(2-3-16(13)27-23-10)21-18-14(17(20)25)8-24(22-18)15-9-26-5-4-11(15)7-19/h2-3,6,8,11,15H,4-5,9H2,1H3,(H2,20,25)(H,21,22). The molecule has 0 saturated carbocycles. The molecule has 0 radical (unpaired) electrons. The lowest BCUT2D eigenvalue weighted by Gasteiger charge is -2.26. The molecular formula is C18H18N6O3. The fraction of sp³-hybridized carbons (Fsp3) is 0.333. The van der Waals surface area contributed by atoms with Crippen LogP contribution in [-0.2, 0) is 4.74 Å². The highest BCUT2D eigenvalue weighted by Crippen LogP contribution is 2.29. The number of amides is 1. The topological polar surface area (TPSA) is 132 Å². The van der Waals surface area contributed by atoms with E-state index in [1.807, 2.05) is 13.0 Å². The molecular weight excluding hydrogens is 348 g/mol. The predicted octanol–water partition coefficient (Wildman–Crippen LogP) is 2.28. The summed E-state index contributed by atoms with van der Waals surface area (Å²) < 4.78 is 12.3. The van der Waals surface area contributed by atoms with E-state index >= 15 is 0 Å². The number of anilines is 2. The van der Waals surface area contributed by atoms with Crippen LogP contribution in [0, 0.1) is 24.2 Å². The number of carbonyl (C=O) groups excluding carboxylic acids is 1. The molecule has 2 unspecified atom stereocenters. The maximum Gasteiger partial charge on any atom is 0.254 e. The van der Waals surface area contributed by atoms with E-state index in [-0.39, 0.29) is 17.5 Å². The number of ether oxygens (including phenoxy) is 1. The van der Waals surface area contributed by atoms with Gasteiger partial charge in [-0.25, -0.2) is 0 Å². The second-order valence-corrected chi connectivity index (χ2v) is 6.51. The van der Waals surface area contributed by atoms with Gasteiger partial charge in [-0.05, 0) is 31.5 Å². The number of benzene rings is 1. The summed E-state index contributed by atoms with van der Waals surface area (Å²) in [4.78, 5) is 11.9. The molecule has 2 atom stereocenters. The van der Waals surface area contributed by atoms with Crippen molar-refractivity contribution >= 4 is 28.4 Å². The van der Waals surface area contributed by atoms with E-state index in [2.05, 4.69) is 21.6 Å². The predicted molar refractivity (Wildman–Crippen MR) is 96.3 cm³/mol. The summed E-state index contributed by atoms with van der Waals surface area (Å²) in [5.41, 5.74) is 7.94. The Morgan fingerprint density at radius 2 is 2.33 bits per heavy atom. The number of primary amides is 1. The Hall–Kier alpha value is -3.38. The first-order chi connectivity index (χ1) is 13.1. The summed E-state index contributed by atoms with van der Waals surface area (Å²) in [5, 5.41) is 21.8. The van der Waals surface area contributed by atoms with Gasteiger partial charge in [-0.15, -0.1) is 0 Å².